The van der Waals surface area contributed by atoms with Crippen LogP contribution in [0.3, 0.4) is 0 Å². The fourth-order valence-electron chi connectivity index (χ4n) is 2.24. The van der Waals surface area contributed by atoms with E-state index in [0.717, 1.165) is 6.07 Å². The Balaban J connectivity index is 1.97. The van der Waals surface area contributed by atoms with Crippen LogP contribution in [0.25, 0.3) is 5.65 Å². The van der Waals surface area contributed by atoms with Gasteiger partial charge in [0.05, 0.1) is 28.7 Å². The van der Waals surface area contributed by atoms with E-state index in [1.165, 1.54) is 35.1 Å². The number of aromatic nitrogens is 3. The first kappa shape index (κ1) is 15.0. The number of aryl methyl sites for hydroxylation is 1. The van der Waals surface area contributed by atoms with Crippen molar-refractivity contribution in [1.29, 1.82) is 0 Å². The maximum Gasteiger partial charge on any atom is 0.418 e. The lowest BCUT2D eigenvalue weighted by atomic mass is 10.1. The van der Waals surface area contributed by atoms with Crippen LogP contribution in [0.4, 0.5) is 18.9 Å². The molecule has 3 aromatic rings. The van der Waals surface area contributed by atoms with E-state index >= 15 is 0 Å². The molecule has 0 aliphatic heterocycles. The highest BCUT2D eigenvalue weighted by Gasteiger charge is 2.33. The Morgan fingerprint density at radius 3 is 2.70 bits per heavy atom. The summed E-state index contributed by atoms with van der Waals surface area (Å²) in [5.74, 6) is -0.677. The van der Waals surface area contributed by atoms with Crippen LogP contribution >= 0.6 is 0 Å². The number of carbonyl (C=O) groups is 1. The lowest BCUT2D eigenvalue weighted by molar-refractivity contribution is -0.136. The summed E-state index contributed by atoms with van der Waals surface area (Å²) in [7, 11) is 0. The average molecular weight is 320 g/mol. The van der Waals surface area contributed by atoms with Gasteiger partial charge in [-0.1, -0.05) is 12.1 Å². The van der Waals surface area contributed by atoms with Crippen molar-refractivity contribution in [3.05, 3.63) is 59.5 Å². The van der Waals surface area contributed by atoms with Gasteiger partial charge in [0.2, 0.25) is 0 Å². The number of halogens is 3. The Labute approximate surface area is 128 Å². The molecule has 3 rings (SSSR count). The summed E-state index contributed by atoms with van der Waals surface area (Å²) in [5, 5.41) is 6.31. The molecule has 2 aromatic heterocycles. The van der Waals surface area contributed by atoms with Gasteiger partial charge < -0.3 is 5.32 Å². The third-order valence-corrected chi connectivity index (χ3v) is 3.38. The number of nitrogens with zero attached hydrogens (tertiary/aromatic N) is 3. The molecule has 2 heterocycles. The highest BCUT2D eigenvalue weighted by Crippen LogP contribution is 2.34. The number of carbonyl (C=O) groups excluding carboxylic acids is 1. The molecule has 0 radical (unpaired) electrons. The zero-order valence-electron chi connectivity index (χ0n) is 11.9. The van der Waals surface area contributed by atoms with Crippen molar-refractivity contribution in [3.63, 3.8) is 0 Å². The molecule has 0 bridgehead atoms. The van der Waals surface area contributed by atoms with Crippen molar-refractivity contribution in [3.8, 4) is 0 Å². The maximum atomic E-state index is 13.0. The van der Waals surface area contributed by atoms with Crippen LogP contribution in [0, 0.1) is 6.92 Å². The zero-order chi connectivity index (χ0) is 16.6. The largest absolute Gasteiger partial charge is 0.418 e. The van der Waals surface area contributed by atoms with E-state index in [9.17, 15) is 18.0 Å². The average Bonchev–Trinajstić information content (AvgIpc) is 2.96. The van der Waals surface area contributed by atoms with Gasteiger partial charge in [0.1, 0.15) is 0 Å². The molecule has 0 spiro atoms. The number of hydrogen-bond acceptors (Lipinski definition) is 3. The third kappa shape index (κ3) is 2.75. The summed E-state index contributed by atoms with van der Waals surface area (Å²) in [6.45, 7) is 1.65. The number of benzene rings is 1. The number of amides is 1. The Bertz CT molecular complexity index is 886. The molecule has 118 valence electrons. The fraction of sp³-hybridized carbons (Fsp3) is 0.133. The van der Waals surface area contributed by atoms with E-state index in [4.69, 9.17) is 0 Å². The van der Waals surface area contributed by atoms with Crippen LogP contribution in [-0.2, 0) is 6.18 Å². The summed E-state index contributed by atoms with van der Waals surface area (Å²) in [6, 6.07) is 6.47. The predicted molar refractivity (Wildman–Crippen MR) is 77.1 cm³/mol. The van der Waals surface area contributed by atoms with Crippen molar-refractivity contribution < 1.29 is 18.0 Å². The number of para-hydroxylation sites is 1. The van der Waals surface area contributed by atoms with Crippen molar-refractivity contribution in [2.45, 2.75) is 13.1 Å². The summed E-state index contributed by atoms with van der Waals surface area (Å²) in [4.78, 5) is 16.4. The highest BCUT2D eigenvalue weighted by atomic mass is 19.4. The van der Waals surface area contributed by atoms with Gasteiger partial charge in [0.15, 0.2) is 5.65 Å². The van der Waals surface area contributed by atoms with Crippen LogP contribution in [0.1, 0.15) is 21.6 Å². The second-order valence-corrected chi connectivity index (χ2v) is 4.86. The number of fused-ring (bicyclic) bond motifs is 1. The Hall–Kier alpha value is -2.90. The minimum absolute atomic E-state index is 0.151. The van der Waals surface area contributed by atoms with Crippen LogP contribution in [0.15, 0.2) is 42.7 Å². The van der Waals surface area contributed by atoms with E-state index in [0.29, 0.717) is 11.3 Å². The standard InChI is InChI=1S/C15H11F3N4O/c1-9-10(8-19-13-6-7-20-22(9)13)14(23)21-12-5-3-2-4-11(12)15(16,17)18/h2-8H,1H3,(H,21,23). The summed E-state index contributed by atoms with van der Waals surface area (Å²) < 4.78 is 40.4. The Morgan fingerprint density at radius 2 is 1.96 bits per heavy atom. The zero-order valence-corrected chi connectivity index (χ0v) is 11.9. The number of anilines is 1. The third-order valence-electron chi connectivity index (χ3n) is 3.38. The van der Waals surface area contributed by atoms with Crippen molar-refractivity contribution in [2.75, 3.05) is 5.32 Å². The first-order valence-electron chi connectivity index (χ1n) is 6.65. The summed E-state index contributed by atoms with van der Waals surface area (Å²) in [6.07, 6.45) is -1.71. The van der Waals surface area contributed by atoms with E-state index in [-0.39, 0.29) is 11.3 Å². The van der Waals surface area contributed by atoms with E-state index in [1.54, 1.807) is 13.0 Å². The van der Waals surface area contributed by atoms with Crippen LogP contribution in [-0.4, -0.2) is 20.5 Å². The number of rotatable bonds is 2. The topological polar surface area (TPSA) is 59.3 Å². The summed E-state index contributed by atoms with van der Waals surface area (Å²) in [5.41, 5.74) is -0.0148. The molecule has 0 atom stereocenters. The molecule has 23 heavy (non-hydrogen) atoms. The molecule has 0 aliphatic rings. The molecule has 1 N–H and O–H groups in total. The number of nitrogens with one attached hydrogen (secondary N) is 1. The quantitative estimate of drug-likeness (QED) is 0.788. The molecule has 0 aliphatic carbocycles. The molecule has 8 heteroatoms. The van der Waals surface area contributed by atoms with E-state index in [1.807, 2.05) is 0 Å². The second-order valence-electron chi connectivity index (χ2n) is 4.86. The van der Waals surface area contributed by atoms with Gasteiger partial charge in [-0.15, -0.1) is 0 Å². The lowest BCUT2D eigenvalue weighted by Crippen LogP contribution is -2.19. The molecule has 0 saturated heterocycles. The highest BCUT2D eigenvalue weighted by molar-refractivity contribution is 6.05. The molecule has 0 unspecified atom stereocenters. The number of hydrogen-bond donors (Lipinski definition) is 1. The smallest absolute Gasteiger partial charge is 0.321 e. The first-order chi connectivity index (χ1) is 10.9. The molecule has 0 saturated carbocycles. The van der Waals surface area contributed by atoms with Gasteiger partial charge in [-0.25, -0.2) is 9.50 Å². The summed E-state index contributed by atoms with van der Waals surface area (Å²) >= 11 is 0. The molecule has 5 nitrogen and oxygen atoms in total. The SMILES string of the molecule is Cc1c(C(=O)Nc2ccccc2C(F)(F)F)cnc2ccnn12. The molecular weight excluding hydrogens is 309 g/mol. The normalized spacial score (nSPS) is 11.7. The molecule has 0 fully saturated rings. The van der Waals surface area contributed by atoms with Gasteiger partial charge in [-0.2, -0.15) is 18.3 Å². The van der Waals surface area contributed by atoms with E-state index in [2.05, 4.69) is 15.4 Å². The first-order valence-corrected chi connectivity index (χ1v) is 6.65. The molecular formula is C15H11F3N4O. The maximum absolute atomic E-state index is 13.0. The van der Waals surface area contributed by atoms with Crippen LogP contribution < -0.4 is 5.32 Å². The minimum atomic E-state index is -4.55. The predicted octanol–water partition coefficient (Wildman–Crippen LogP) is 3.31. The molecule has 1 aromatic carbocycles. The van der Waals surface area contributed by atoms with Gasteiger partial charge in [0.25, 0.3) is 5.91 Å². The monoisotopic (exact) mass is 320 g/mol. The fourth-order valence-corrected chi connectivity index (χ4v) is 2.24. The van der Waals surface area contributed by atoms with Gasteiger partial charge >= 0.3 is 6.18 Å². The van der Waals surface area contributed by atoms with Crippen LogP contribution in [0.5, 0.6) is 0 Å². The van der Waals surface area contributed by atoms with Gasteiger partial charge in [-0.3, -0.25) is 4.79 Å². The Kier molecular flexibility index (Phi) is 3.51. The second kappa shape index (κ2) is 5.38. The lowest BCUT2D eigenvalue weighted by Gasteiger charge is -2.14. The van der Waals surface area contributed by atoms with Crippen molar-refractivity contribution >= 4 is 17.2 Å². The van der Waals surface area contributed by atoms with Gasteiger partial charge in [0, 0.05) is 12.3 Å². The van der Waals surface area contributed by atoms with Crippen molar-refractivity contribution in [2.24, 2.45) is 0 Å². The van der Waals surface area contributed by atoms with Gasteiger partial charge in [-0.05, 0) is 19.1 Å². The minimum Gasteiger partial charge on any atom is -0.321 e. The Morgan fingerprint density at radius 1 is 1.22 bits per heavy atom. The number of alkyl halides is 3. The van der Waals surface area contributed by atoms with Crippen LogP contribution in [0.2, 0.25) is 0 Å². The van der Waals surface area contributed by atoms with E-state index < -0.39 is 17.6 Å². The van der Waals surface area contributed by atoms with Crippen molar-refractivity contribution in [1.82, 2.24) is 14.6 Å². The molecule has 1 amide bonds.